The minimum absolute atomic E-state index is 0.288. The number of imide groups is 1. The van der Waals surface area contributed by atoms with Crippen molar-refractivity contribution in [3.63, 3.8) is 0 Å². The number of carbonyl (C=O) groups is 2. The Labute approximate surface area is 186 Å². The fourth-order valence-corrected chi connectivity index (χ4v) is 4.04. The summed E-state index contributed by atoms with van der Waals surface area (Å²) in [5.41, 5.74) is 4.93. The highest BCUT2D eigenvalue weighted by atomic mass is 16.2. The Morgan fingerprint density at radius 1 is 0.656 bits per heavy atom. The molecule has 0 fully saturated rings. The molecule has 4 aromatic rings. The smallest absolute Gasteiger partial charge is 0.282 e. The fraction of sp³-hybridized carbons (Fsp3) is 0.0714. The summed E-state index contributed by atoms with van der Waals surface area (Å²) >= 11 is 0. The Morgan fingerprint density at radius 3 is 2.00 bits per heavy atom. The second-order valence-electron chi connectivity index (χ2n) is 8.05. The second kappa shape index (κ2) is 7.82. The molecule has 32 heavy (non-hydrogen) atoms. The Bertz CT molecular complexity index is 1380. The van der Waals surface area contributed by atoms with E-state index in [2.05, 4.69) is 5.32 Å². The molecule has 156 valence electrons. The van der Waals surface area contributed by atoms with Crippen molar-refractivity contribution in [2.24, 2.45) is 0 Å². The van der Waals surface area contributed by atoms with Crippen LogP contribution in [-0.4, -0.2) is 11.8 Å². The average Bonchev–Trinajstić information content (AvgIpc) is 3.05. The first-order valence-electron chi connectivity index (χ1n) is 10.5. The van der Waals surface area contributed by atoms with Crippen LogP contribution >= 0.6 is 0 Å². The standard InChI is InChI=1S/C28H22N2O2/c1-18-10-14-21(15-11-18)25-26(29-22-16-12-19(2)13-17-22)28(32)30(27(25)31)24-9-5-7-20-6-3-4-8-23(20)24/h3-17,29H,1-2H3. The number of benzene rings is 4. The number of nitrogens with one attached hydrogen (secondary N) is 1. The van der Waals surface area contributed by atoms with Crippen molar-refractivity contribution in [1.29, 1.82) is 0 Å². The van der Waals surface area contributed by atoms with Gasteiger partial charge in [0.2, 0.25) is 0 Å². The van der Waals surface area contributed by atoms with Gasteiger partial charge in [-0.1, -0.05) is 83.9 Å². The van der Waals surface area contributed by atoms with Crippen molar-refractivity contribution in [2.75, 3.05) is 10.2 Å². The SMILES string of the molecule is Cc1ccc(NC2=C(c3ccc(C)cc3)C(=O)N(c3cccc4ccccc34)C2=O)cc1. The molecule has 0 aliphatic carbocycles. The van der Waals surface area contributed by atoms with Crippen LogP contribution in [0.3, 0.4) is 0 Å². The summed E-state index contributed by atoms with van der Waals surface area (Å²) in [7, 11) is 0. The van der Waals surface area contributed by atoms with Gasteiger partial charge in [-0.25, -0.2) is 4.90 Å². The van der Waals surface area contributed by atoms with Gasteiger partial charge in [0, 0.05) is 11.1 Å². The number of fused-ring (bicyclic) bond motifs is 1. The van der Waals surface area contributed by atoms with Crippen LogP contribution in [0.1, 0.15) is 16.7 Å². The van der Waals surface area contributed by atoms with Crippen molar-refractivity contribution < 1.29 is 9.59 Å². The van der Waals surface area contributed by atoms with Gasteiger partial charge in [0.25, 0.3) is 11.8 Å². The molecular formula is C28H22N2O2. The van der Waals surface area contributed by atoms with E-state index in [4.69, 9.17) is 0 Å². The van der Waals surface area contributed by atoms with Crippen molar-refractivity contribution in [2.45, 2.75) is 13.8 Å². The summed E-state index contributed by atoms with van der Waals surface area (Å²) in [6.07, 6.45) is 0. The molecule has 4 nitrogen and oxygen atoms in total. The summed E-state index contributed by atoms with van der Waals surface area (Å²) in [5, 5.41) is 5.06. The third-order valence-corrected chi connectivity index (χ3v) is 5.75. The lowest BCUT2D eigenvalue weighted by Crippen LogP contribution is -2.32. The highest BCUT2D eigenvalue weighted by Gasteiger charge is 2.40. The van der Waals surface area contributed by atoms with Crippen molar-refractivity contribution in [3.05, 3.63) is 113 Å². The first-order valence-corrected chi connectivity index (χ1v) is 10.5. The predicted octanol–water partition coefficient (Wildman–Crippen LogP) is 5.85. The maximum atomic E-state index is 13.7. The number of anilines is 2. The third-order valence-electron chi connectivity index (χ3n) is 5.75. The van der Waals surface area contributed by atoms with E-state index in [0.29, 0.717) is 16.8 Å². The lowest BCUT2D eigenvalue weighted by Gasteiger charge is -2.18. The largest absolute Gasteiger partial charge is 0.350 e. The van der Waals surface area contributed by atoms with Crippen molar-refractivity contribution in [1.82, 2.24) is 0 Å². The number of hydrogen-bond donors (Lipinski definition) is 1. The van der Waals surface area contributed by atoms with E-state index >= 15 is 0 Å². The molecule has 5 rings (SSSR count). The van der Waals surface area contributed by atoms with Crippen molar-refractivity contribution >= 4 is 39.5 Å². The number of nitrogens with zero attached hydrogens (tertiary/aromatic N) is 1. The van der Waals surface area contributed by atoms with Crippen LogP contribution < -0.4 is 10.2 Å². The topological polar surface area (TPSA) is 49.4 Å². The number of carbonyl (C=O) groups excluding carboxylic acids is 2. The van der Waals surface area contributed by atoms with Gasteiger partial charge in [0.05, 0.1) is 11.3 Å². The fourth-order valence-electron chi connectivity index (χ4n) is 4.04. The van der Waals surface area contributed by atoms with Gasteiger partial charge in [0.15, 0.2) is 0 Å². The van der Waals surface area contributed by atoms with Gasteiger partial charge >= 0.3 is 0 Å². The second-order valence-corrected chi connectivity index (χ2v) is 8.05. The van der Waals surface area contributed by atoms with Crippen LogP contribution in [0.25, 0.3) is 16.3 Å². The Kier molecular flexibility index (Phi) is 4.83. The van der Waals surface area contributed by atoms with Gasteiger partial charge in [-0.2, -0.15) is 0 Å². The Hall–Kier alpha value is -4.18. The van der Waals surface area contributed by atoms with Crippen LogP contribution in [0, 0.1) is 13.8 Å². The molecule has 2 amide bonds. The van der Waals surface area contributed by atoms with E-state index in [1.165, 1.54) is 4.90 Å². The molecule has 1 heterocycles. The van der Waals surface area contributed by atoms with Gasteiger partial charge in [-0.15, -0.1) is 0 Å². The van der Waals surface area contributed by atoms with E-state index in [1.807, 2.05) is 105 Å². The highest BCUT2D eigenvalue weighted by Crippen LogP contribution is 2.37. The molecule has 0 aromatic heterocycles. The zero-order valence-corrected chi connectivity index (χ0v) is 17.9. The Balaban J connectivity index is 1.66. The lowest BCUT2D eigenvalue weighted by atomic mass is 10.0. The quantitative estimate of drug-likeness (QED) is 0.423. The van der Waals surface area contributed by atoms with E-state index in [-0.39, 0.29) is 17.5 Å². The maximum Gasteiger partial charge on any atom is 0.282 e. The van der Waals surface area contributed by atoms with Gasteiger partial charge in [-0.3, -0.25) is 9.59 Å². The lowest BCUT2D eigenvalue weighted by molar-refractivity contribution is -0.120. The minimum Gasteiger partial charge on any atom is -0.350 e. The summed E-state index contributed by atoms with van der Waals surface area (Å²) in [4.78, 5) is 28.7. The summed E-state index contributed by atoms with van der Waals surface area (Å²) < 4.78 is 0. The normalized spacial score (nSPS) is 13.9. The van der Waals surface area contributed by atoms with Crippen LogP contribution in [0.2, 0.25) is 0 Å². The molecule has 0 bridgehead atoms. The molecule has 0 saturated heterocycles. The van der Waals surface area contributed by atoms with Crippen LogP contribution in [-0.2, 0) is 9.59 Å². The summed E-state index contributed by atoms with van der Waals surface area (Å²) in [5.74, 6) is -0.688. The number of rotatable bonds is 4. The summed E-state index contributed by atoms with van der Waals surface area (Å²) in [6, 6.07) is 28.9. The van der Waals surface area contributed by atoms with Crippen LogP contribution in [0.5, 0.6) is 0 Å². The van der Waals surface area contributed by atoms with Gasteiger partial charge in [-0.05, 0) is 43.0 Å². The average molecular weight is 418 g/mol. The third kappa shape index (κ3) is 3.36. The van der Waals surface area contributed by atoms with Crippen LogP contribution in [0.4, 0.5) is 11.4 Å². The molecular weight excluding hydrogens is 396 g/mol. The van der Waals surface area contributed by atoms with Crippen LogP contribution in [0.15, 0.2) is 96.7 Å². The maximum absolute atomic E-state index is 13.7. The van der Waals surface area contributed by atoms with E-state index in [9.17, 15) is 9.59 Å². The molecule has 4 heteroatoms. The summed E-state index contributed by atoms with van der Waals surface area (Å²) in [6.45, 7) is 4.00. The number of aryl methyl sites for hydroxylation is 2. The zero-order chi connectivity index (χ0) is 22.2. The number of hydrogen-bond acceptors (Lipinski definition) is 3. The first kappa shape index (κ1) is 19.8. The molecule has 1 aliphatic rings. The van der Waals surface area contributed by atoms with E-state index in [0.717, 1.165) is 27.6 Å². The number of amides is 2. The molecule has 0 spiro atoms. The Morgan fingerprint density at radius 2 is 1.28 bits per heavy atom. The van der Waals surface area contributed by atoms with Crippen molar-refractivity contribution in [3.8, 4) is 0 Å². The molecule has 1 aliphatic heterocycles. The van der Waals surface area contributed by atoms with E-state index in [1.54, 1.807) is 0 Å². The van der Waals surface area contributed by atoms with E-state index < -0.39 is 0 Å². The monoisotopic (exact) mass is 418 g/mol. The van der Waals surface area contributed by atoms with Gasteiger partial charge in [0.1, 0.15) is 5.70 Å². The molecule has 1 N–H and O–H groups in total. The molecule has 0 atom stereocenters. The first-order chi connectivity index (χ1) is 15.5. The highest BCUT2D eigenvalue weighted by molar-refractivity contribution is 6.47. The minimum atomic E-state index is -0.359. The van der Waals surface area contributed by atoms with Gasteiger partial charge < -0.3 is 5.32 Å². The molecule has 0 unspecified atom stereocenters. The molecule has 0 saturated carbocycles. The predicted molar refractivity (Wildman–Crippen MR) is 129 cm³/mol. The molecule has 0 radical (unpaired) electrons. The molecule has 4 aromatic carbocycles. The zero-order valence-electron chi connectivity index (χ0n) is 17.9.